The van der Waals surface area contributed by atoms with Gasteiger partial charge < -0.3 is 5.32 Å². The highest BCUT2D eigenvalue weighted by atomic mass is 32.1. The minimum absolute atomic E-state index is 0.191. The average Bonchev–Trinajstić information content (AvgIpc) is 1.85. The Morgan fingerprint density at radius 1 is 1.23 bits per heavy atom. The molecule has 0 aromatic carbocycles. The highest BCUT2D eigenvalue weighted by molar-refractivity contribution is 7.83. The Labute approximate surface area is 89.4 Å². The number of hydrogen-bond acceptors (Lipinski definition) is 2. The van der Waals surface area contributed by atoms with Crippen LogP contribution in [-0.2, 0) is 0 Å². The van der Waals surface area contributed by atoms with Crippen molar-refractivity contribution in [3.05, 3.63) is 11.1 Å². The lowest BCUT2D eigenvalue weighted by atomic mass is 9.93. The molecule has 0 saturated heterocycles. The van der Waals surface area contributed by atoms with E-state index in [-0.39, 0.29) is 5.41 Å². The van der Waals surface area contributed by atoms with Gasteiger partial charge in [-0.1, -0.05) is 41.5 Å². The molecule has 0 aliphatic heterocycles. The van der Waals surface area contributed by atoms with E-state index in [1.165, 1.54) is 0 Å². The lowest BCUT2D eigenvalue weighted by Crippen LogP contribution is -2.20. The van der Waals surface area contributed by atoms with Gasteiger partial charge in [-0.25, -0.2) is 0 Å². The van der Waals surface area contributed by atoms with Gasteiger partial charge in [-0.2, -0.15) is 0 Å². The molecule has 13 heavy (non-hydrogen) atoms. The second-order valence-corrected chi connectivity index (χ2v) is 5.03. The summed E-state index contributed by atoms with van der Waals surface area (Å²) in [6.07, 6.45) is 0. The molecule has 0 aliphatic rings. The zero-order chi connectivity index (χ0) is 11.1. The Balaban J connectivity index is 0. The van der Waals surface area contributed by atoms with Crippen LogP contribution < -0.4 is 5.32 Å². The van der Waals surface area contributed by atoms with Crippen LogP contribution in [0.4, 0.5) is 0 Å². The highest BCUT2D eigenvalue weighted by Crippen LogP contribution is 2.22. The van der Waals surface area contributed by atoms with Gasteiger partial charge in [0.1, 0.15) is 0 Å². The molecule has 2 heteroatoms. The molecule has 1 N–H and O–H groups in total. The standard InChI is InChI=1S/C7H15NS.C4H10/c1-7(2,3)6(5-9)8-4;1-4(2)3/h5,8-9H,1-4H3;4H,1-3H3/b6-5-;. The summed E-state index contributed by atoms with van der Waals surface area (Å²) in [4.78, 5) is 0. The van der Waals surface area contributed by atoms with Crippen LogP contribution >= 0.6 is 12.6 Å². The summed E-state index contributed by atoms with van der Waals surface area (Å²) in [7, 11) is 1.91. The molecule has 80 valence electrons. The fourth-order valence-corrected chi connectivity index (χ4v) is 1.15. The monoisotopic (exact) mass is 203 g/mol. The second-order valence-electron chi connectivity index (χ2n) is 4.77. The molecular weight excluding hydrogens is 178 g/mol. The Bertz CT molecular complexity index is 140. The highest BCUT2D eigenvalue weighted by Gasteiger charge is 2.13. The van der Waals surface area contributed by atoms with Gasteiger partial charge in [0, 0.05) is 18.2 Å². The smallest absolute Gasteiger partial charge is 0.0220 e. The van der Waals surface area contributed by atoms with E-state index in [9.17, 15) is 0 Å². The minimum Gasteiger partial charge on any atom is -0.391 e. The van der Waals surface area contributed by atoms with Crippen LogP contribution in [0.3, 0.4) is 0 Å². The molecular formula is C11H25NS. The van der Waals surface area contributed by atoms with Crippen molar-refractivity contribution in [2.75, 3.05) is 7.05 Å². The average molecular weight is 203 g/mol. The fraction of sp³-hybridized carbons (Fsp3) is 0.818. The van der Waals surface area contributed by atoms with Gasteiger partial charge in [-0.05, 0) is 11.3 Å². The first kappa shape index (κ1) is 15.4. The van der Waals surface area contributed by atoms with E-state index < -0.39 is 0 Å². The number of thiol groups is 1. The molecule has 0 bridgehead atoms. The van der Waals surface area contributed by atoms with Gasteiger partial charge in [0.05, 0.1) is 0 Å². The normalized spacial score (nSPS) is 12.2. The van der Waals surface area contributed by atoms with E-state index in [1.807, 2.05) is 7.05 Å². The third-order valence-electron chi connectivity index (χ3n) is 1.21. The van der Waals surface area contributed by atoms with Crippen molar-refractivity contribution in [2.45, 2.75) is 41.5 Å². The molecule has 0 radical (unpaired) electrons. The molecule has 1 nitrogen and oxygen atoms in total. The van der Waals surface area contributed by atoms with E-state index in [1.54, 1.807) is 5.41 Å². The maximum Gasteiger partial charge on any atom is 0.0220 e. The van der Waals surface area contributed by atoms with Gasteiger partial charge in [0.25, 0.3) is 0 Å². The largest absolute Gasteiger partial charge is 0.391 e. The van der Waals surface area contributed by atoms with Crippen molar-refractivity contribution in [1.29, 1.82) is 0 Å². The van der Waals surface area contributed by atoms with E-state index in [2.05, 4.69) is 59.5 Å². The SMILES string of the molecule is CC(C)C.CN/C(=C\S)C(C)(C)C. The second kappa shape index (κ2) is 7.31. The molecule has 0 aliphatic carbocycles. The van der Waals surface area contributed by atoms with Crippen molar-refractivity contribution in [3.63, 3.8) is 0 Å². The van der Waals surface area contributed by atoms with E-state index in [0.29, 0.717) is 0 Å². The van der Waals surface area contributed by atoms with Crippen molar-refractivity contribution < 1.29 is 0 Å². The van der Waals surface area contributed by atoms with Crippen LogP contribution in [0.15, 0.2) is 11.1 Å². The Kier molecular flexibility index (Phi) is 8.64. The third-order valence-corrected chi connectivity index (χ3v) is 1.46. The molecule has 0 heterocycles. The molecule has 0 spiro atoms. The quantitative estimate of drug-likeness (QED) is 0.619. The van der Waals surface area contributed by atoms with Crippen LogP contribution in [0.2, 0.25) is 0 Å². The number of nitrogens with one attached hydrogen (secondary N) is 1. The molecule has 0 rings (SSSR count). The summed E-state index contributed by atoms with van der Waals surface area (Å²) >= 11 is 4.06. The van der Waals surface area contributed by atoms with Gasteiger partial charge in [0.2, 0.25) is 0 Å². The molecule has 0 aromatic rings. The van der Waals surface area contributed by atoms with Crippen molar-refractivity contribution >= 4 is 12.6 Å². The van der Waals surface area contributed by atoms with Crippen molar-refractivity contribution in [3.8, 4) is 0 Å². The van der Waals surface area contributed by atoms with Gasteiger partial charge in [-0.15, -0.1) is 12.6 Å². The summed E-state index contributed by atoms with van der Waals surface area (Å²) < 4.78 is 0. The Hall–Kier alpha value is -0.110. The van der Waals surface area contributed by atoms with Gasteiger partial charge in [0.15, 0.2) is 0 Å². The lowest BCUT2D eigenvalue weighted by Gasteiger charge is -2.21. The van der Waals surface area contributed by atoms with E-state index >= 15 is 0 Å². The topological polar surface area (TPSA) is 12.0 Å². The summed E-state index contributed by atoms with van der Waals surface area (Å²) in [5, 5.41) is 4.88. The summed E-state index contributed by atoms with van der Waals surface area (Å²) in [5.74, 6) is 0.833. The zero-order valence-electron chi connectivity index (χ0n) is 10.1. The molecule has 0 saturated carbocycles. The van der Waals surface area contributed by atoms with Crippen molar-refractivity contribution in [2.24, 2.45) is 11.3 Å². The number of rotatable bonds is 1. The molecule has 0 unspecified atom stereocenters. The summed E-state index contributed by atoms with van der Waals surface area (Å²) in [6, 6.07) is 0. The fourth-order valence-electron chi connectivity index (χ4n) is 0.633. The Morgan fingerprint density at radius 3 is 1.54 bits per heavy atom. The van der Waals surface area contributed by atoms with Crippen LogP contribution in [0, 0.1) is 11.3 Å². The molecule has 0 aromatic heterocycles. The maximum absolute atomic E-state index is 4.06. The number of hydrogen-bond donors (Lipinski definition) is 2. The molecule has 0 fully saturated rings. The van der Waals surface area contributed by atoms with Crippen molar-refractivity contribution in [1.82, 2.24) is 5.32 Å². The predicted molar refractivity (Wildman–Crippen MR) is 66.1 cm³/mol. The first-order chi connectivity index (χ1) is 5.75. The van der Waals surface area contributed by atoms with Crippen LogP contribution in [0.25, 0.3) is 0 Å². The van der Waals surface area contributed by atoms with Gasteiger partial charge >= 0.3 is 0 Å². The lowest BCUT2D eigenvalue weighted by molar-refractivity contribution is 0.474. The minimum atomic E-state index is 0.191. The van der Waals surface area contributed by atoms with Crippen LogP contribution in [0.5, 0.6) is 0 Å². The van der Waals surface area contributed by atoms with Crippen LogP contribution in [-0.4, -0.2) is 7.05 Å². The molecule has 0 amide bonds. The van der Waals surface area contributed by atoms with Gasteiger partial charge in [-0.3, -0.25) is 0 Å². The zero-order valence-corrected chi connectivity index (χ0v) is 11.0. The first-order valence-electron chi connectivity index (χ1n) is 4.78. The summed E-state index contributed by atoms with van der Waals surface area (Å²) in [5.41, 5.74) is 1.35. The number of allylic oxidation sites excluding steroid dienone is 1. The first-order valence-corrected chi connectivity index (χ1v) is 5.30. The third kappa shape index (κ3) is 11.9. The van der Waals surface area contributed by atoms with E-state index in [0.717, 1.165) is 11.6 Å². The van der Waals surface area contributed by atoms with Crippen LogP contribution in [0.1, 0.15) is 41.5 Å². The van der Waals surface area contributed by atoms with E-state index in [4.69, 9.17) is 0 Å². The molecule has 0 atom stereocenters. The maximum atomic E-state index is 4.06. The Morgan fingerprint density at radius 2 is 1.54 bits per heavy atom. The summed E-state index contributed by atoms with van der Waals surface area (Å²) in [6.45, 7) is 12.9. The predicted octanol–water partition coefficient (Wildman–Crippen LogP) is 3.69.